The van der Waals surface area contributed by atoms with Crippen molar-refractivity contribution in [3.05, 3.63) is 35.4 Å². The average molecular weight is 369 g/mol. The van der Waals surface area contributed by atoms with E-state index in [1.807, 2.05) is 30.8 Å². The average Bonchev–Trinajstić information content (AvgIpc) is 3.29. The van der Waals surface area contributed by atoms with Crippen LogP contribution in [0.15, 0.2) is 29.3 Å². The zero-order valence-electron chi connectivity index (χ0n) is 15.1. The molecule has 1 N–H and O–H groups in total. The summed E-state index contributed by atoms with van der Waals surface area (Å²) in [4.78, 5) is 17.9. The Morgan fingerprint density at radius 1 is 1.19 bits per heavy atom. The number of hydrogen-bond donors (Lipinski definition) is 1. The van der Waals surface area contributed by atoms with Gasteiger partial charge in [-0.3, -0.25) is 9.69 Å². The predicted octanol–water partition coefficient (Wildman–Crippen LogP) is 5.30. The molecule has 4 nitrogen and oxygen atoms in total. The van der Waals surface area contributed by atoms with Gasteiger partial charge in [0.25, 0.3) is 0 Å². The molecule has 2 aliphatic carbocycles. The number of fused-ring (bicyclic) bond motifs is 2. The lowest BCUT2D eigenvalue weighted by molar-refractivity contribution is 0.0946. The molecular formula is C21H24N2O2S. The number of carbonyl (C=O) groups excluding carboxylic acids is 1. The van der Waals surface area contributed by atoms with Crippen molar-refractivity contribution in [3.8, 4) is 5.75 Å². The largest absolute Gasteiger partial charge is 0.469 e. The molecule has 5 rings (SSSR count). The van der Waals surface area contributed by atoms with Crippen LogP contribution in [0.2, 0.25) is 0 Å². The number of rotatable bonds is 3. The Bertz CT molecular complexity index is 854. The summed E-state index contributed by atoms with van der Waals surface area (Å²) < 4.78 is 5.91. The van der Waals surface area contributed by atoms with Gasteiger partial charge in [0.05, 0.1) is 5.03 Å². The lowest BCUT2D eigenvalue weighted by Gasteiger charge is -2.20. The molecule has 2 aromatic rings. The first-order chi connectivity index (χ1) is 12.7. The molecule has 136 valence electrons. The number of carbonyl (C=O) groups is 1. The molecule has 1 aromatic carbocycles. The predicted molar refractivity (Wildman–Crippen MR) is 105 cm³/mol. The van der Waals surface area contributed by atoms with Gasteiger partial charge in [0.1, 0.15) is 0 Å². The van der Waals surface area contributed by atoms with Crippen LogP contribution in [0.4, 0.5) is 11.5 Å². The molecule has 5 heteroatoms. The summed E-state index contributed by atoms with van der Waals surface area (Å²) in [6, 6.07) is 8.33. The molecule has 1 aliphatic heterocycles. The van der Waals surface area contributed by atoms with E-state index >= 15 is 0 Å². The van der Waals surface area contributed by atoms with Crippen LogP contribution in [0.5, 0.6) is 5.75 Å². The Balaban J connectivity index is 1.38. The Hall–Kier alpha value is -1.88. The molecule has 0 radical (unpaired) electrons. The Labute approximate surface area is 158 Å². The summed E-state index contributed by atoms with van der Waals surface area (Å²) in [5.41, 5.74) is 3.15. The van der Waals surface area contributed by atoms with Crippen molar-refractivity contribution < 1.29 is 9.53 Å². The van der Waals surface area contributed by atoms with Crippen molar-refractivity contribution in [3.63, 3.8) is 0 Å². The number of ketones is 1. The van der Waals surface area contributed by atoms with E-state index in [1.54, 1.807) is 0 Å². The van der Waals surface area contributed by atoms with Crippen LogP contribution in [0, 0.1) is 5.92 Å². The van der Waals surface area contributed by atoms with Crippen molar-refractivity contribution >= 4 is 29.1 Å². The van der Waals surface area contributed by atoms with Gasteiger partial charge in [0.2, 0.25) is 0 Å². The third kappa shape index (κ3) is 2.73. The molecule has 3 aliphatic rings. The number of H-pyrrole nitrogens is 1. The van der Waals surface area contributed by atoms with Crippen molar-refractivity contribution in [1.29, 1.82) is 0 Å². The number of aromatic nitrogens is 1. The number of hydrogen-bond acceptors (Lipinski definition) is 4. The third-order valence-corrected chi connectivity index (χ3v) is 7.12. The van der Waals surface area contributed by atoms with Crippen molar-refractivity contribution in [2.24, 2.45) is 5.92 Å². The quantitative estimate of drug-likeness (QED) is 0.798. The maximum absolute atomic E-state index is 12.2. The van der Waals surface area contributed by atoms with Crippen LogP contribution in [-0.2, 0) is 6.42 Å². The van der Waals surface area contributed by atoms with E-state index in [4.69, 9.17) is 4.74 Å². The minimum atomic E-state index is 0.106. The first-order valence-electron chi connectivity index (χ1n) is 9.66. The number of ether oxygens (including phenoxy) is 1. The molecule has 0 saturated heterocycles. The first-order valence-corrected chi connectivity index (χ1v) is 10.5. The topological polar surface area (TPSA) is 45.3 Å². The van der Waals surface area contributed by atoms with E-state index in [0.717, 1.165) is 40.1 Å². The smallest absolute Gasteiger partial charge is 0.167 e. The fourth-order valence-corrected chi connectivity index (χ4v) is 5.64. The summed E-state index contributed by atoms with van der Waals surface area (Å²) in [6.07, 6.45) is 7.57. The lowest BCUT2D eigenvalue weighted by atomic mass is 10.0. The van der Waals surface area contributed by atoms with Crippen LogP contribution in [0.1, 0.15) is 54.9 Å². The van der Waals surface area contributed by atoms with Gasteiger partial charge in [-0.25, -0.2) is 0 Å². The van der Waals surface area contributed by atoms with Crippen molar-refractivity contribution in [1.82, 2.24) is 4.98 Å². The molecule has 0 bridgehead atoms. The normalized spacial score (nSPS) is 22.4. The lowest BCUT2D eigenvalue weighted by Crippen LogP contribution is -2.17. The van der Waals surface area contributed by atoms with Crippen molar-refractivity contribution in [2.45, 2.75) is 55.7 Å². The molecule has 26 heavy (non-hydrogen) atoms. The van der Waals surface area contributed by atoms with Gasteiger partial charge in [-0.2, -0.15) is 0 Å². The molecule has 0 spiro atoms. The van der Waals surface area contributed by atoms with Crippen LogP contribution in [0.25, 0.3) is 0 Å². The van der Waals surface area contributed by atoms with Gasteiger partial charge in [0, 0.05) is 28.5 Å². The number of aromatic amines is 1. The number of Topliss-reactive ketones (excluding diaryl/α,β-unsaturated/α-hetero) is 1. The minimum absolute atomic E-state index is 0.106. The van der Waals surface area contributed by atoms with E-state index in [9.17, 15) is 4.79 Å². The number of nitrogens with one attached hydrogen (secondary N) is 1. The molecule has 1 atom stereocenters. The van der Waals surface area contributed by atoms with Crippen molar-refractivity contribution in [2.75, 3.05) is 11.6 Å². The molecule has 0 amide bonds. The molecule has 1 unspecified atom stereocenters. The maximum atomic E-state index is 12.2. The monoisotopic (exact) mass is 368 g/mol. The number of benzene rings is 1. The summed E-state index contributed by atoms with van der Waals surface area (Å²) in [6.45, 7) is 2.54. The minimum Gasteiger partial charge on any atom is -0.469 e. The van der Waals surface area contributed by atoms with Gasteiger partial charge in [0.15, 0.2) is 24.1 Å². The second kappa shape index (κ2) is 6.38. The van der Waals surface area contributed by atoms with Gasteiger partial charge in [-0.15, -0.1) is 11.8 Å². The number of anilines is 2. The molecule has 1 aromatic heterocycles. The fourth-order valence-electron chi connectivity index (χ4n) is 4.39. The Morgan fingerprint density at radius 2 is 2.04 bits per heavy atom. The van der Waals surface area contributed by atoms with Crippen LogP contribution in [0.3, 0.4) is 0 Å². The first kappa shape index (κ1) is 16.3. The highest BCUT2D eigenvalue weighted by molar-refractivity contribution is 7.99. The summed E-state index contributed by atoms with van der Waals surface area (Å²) >= 11 is 1.96. The van der Waals surface area contributed by atoms with E-state index in [-0.39, 0.29) is 11.7 Å². The number of thioether (sulfide) groups is 1. The van der Waals surface area contributed by atoms with E-state index in [2.05, 4.69) is 22.0 Å². The summed E-state index contributed by atoms with van der Waals surface area (Å²) in [5, 5.41) is 1.93. The van der Waals surface area contributed by atoms with Gasteiger partial charge in [-0.05, 0) is 43.0 Å². The second-order valence-electron chi connectivity index (χ2n) is 7.74. The standard InChI is InChI=1S/C21H24N2O2S/c1-13-9-14-10-15(7-8-17(14)20(13)24)23-12-25-18-11-19(22-21(18)23)26-16-5-3-2-4-6-16/h7-8,10-11,13,16,22H,2-6,9,12H2,1H3. The summed E-state index contributed by atoms with van der Waals surface area (Å²) in [5.74, 6) is 2.36. The van der Waals surface area contributed by atoms with E-state index in [0.29, 0.717) is 6.73 Å². The van der Waals surface area contributed by atoms with E-state index in [1.165, 1.54) is 37.1 Å². The van der Waals surface area contributed by atoms with Gasteiger partial charge in [-0.1, -0.05) is 26.2 Å². The molecular weight excluding hydrogens is 344 g/mol. The SMILES string of the molecule is CC1Cc2cc(N3COc4cc(SC5CCCCC5)[nH]c43)ccc2C1=O. The zero-order valence-corrected chi connectivity index (χ0v) is 15.9. The molecule has 1 saturated carbocycles. The Kier molecular flexibility index (Phi) is 4.00. The second-order valence-corrected chi connectivity index (χ2v) is 9.08. The third-order valence-electron chi connectivity index (χ3n) is 5.84. The number of nitrogens with zero attached hydrogens (tertiary/aromatic N) is 1. The highest BCUT2D eigenvalue weighted by Crippen LogP contribution is 2.44. The summed E-state index contributed by atoms with van der Waals surface area (Å²) in [7, 11) is 0. The molecule has 1 fully saturated rings. The maximum Gasteiger partial charge on any atom is 0.167 e. The fraction of sp³-hybridized carbons (Fsp3) is 0.476. The highest BCUT2D eigenvalue weighted by Gasteiger charge is 2.30. The Morgan fingerprint density at radius 3 is 2.88 bits per heavy atom. The highest BCUT2D eigenvalue weighted by atomic mass is 32.2. The van der Waals surface area contributed by atoms with Crippen LogP contribution >= 0.6 is 11.8 Å². The van der Waals surface area contributed by atoms with Gasteiger partial charge < -0.3 is 9.72 Å². The van der Waals surface area contributed by atoms with E-state index < -0.39 is 0 Å². The van der Waals surface area contributed by atoms with Crippen LogP contribution in [-0.4, -0.2) is 22.7 Å². The van der Waals surface area contributed by atoms with Gasteiger partial charge >= 0.3 is 0 Å². The van der Waals surface area contributed by atoms with Crippen LogP contribution < -0.4 is 9.64 Å². The zero-order chi connectivity index (χ0) is 17.7. The molecule has 2 heterocycles.